The predicted molar refractivity (Wildman–Crippen MR) is 113 cm³/mol. The zero-order valence-electron chi connectivity index (χ0n) is 16.7. The minimum Gasteiger partial charge on any atom is -0.396 e. The summed E-state index contributed by atoms with van der Waals surface area (Å²) in [5.74, 6) is 0. The van der Waals surface area contributed by atoms with Gasteiger partial charge in [0.1, 0.15) is 6.61 Å². The number of hydrogen-bond acceptors (Lipinski definition) is 3. The summed E-state index contributed by atoms with van der Waals surface area (Å²) >= 11 is 5.97. The van der Waals surface area contributed by atoms with E-state index >= 15 is 0 Å². The van der Waals surface area contributed by atoms with E-state index < -0.39 is 0 Å². The summed E-state index contributed by atoms with van der Waals surface area (Å²) < 4.78 is 0. The maximum Gasteiger partial charge on any atom is 0.118 e. The predicted octanol–water partition coefficient (Wildman–Crippen LogP) is 6.18. The van der Waals surface area contributed by atoms with Crippen molar-refractivity contribution >= 4 is 23.4 Å². The van der Waals surface area contributed by atoms with Crippen molar-refractivity contribution in [2.24, 2.45) is 5.16 Å². The average Bonchev–Trinajstić information content (AvgIpc) is 2.60. The molecular formula is C22H33ClN2O. The minimum absolute atomic E-state index is 0.563. The van der Waals surface area contributed by atoms with Crippen molar-refractivity contribution in [1.82, 2.24) is 4.90 Å². The fraction of sp³-hybridized carbons (Fsp3) is 0.591. The molecule has 1 fully saturated rings. The van der Waals surface area contributed by atoms with Crippen LogP contribution in [-0.2, 0) is 4.84 Å². The van der Waals surface area contributed by atoms with Crippen LogP contribution in [0.2, 0.25) is 5.02 Å². The summed E-state index contributed by atoms with van der Waals surface area (Å²) in [6.45, 7) is 10.7. The molecular weight excluding hydrogens is 344 g/mol. The Morgan fingerprint density at radius 3 is 2.38 bits per heavy atom. The molecule has 0 aromatic heterocycles. The molecule has 26 heavy (non-hydrogen) atoms. The van der Waals surface area contributed by atoms with Gasteiger partial charge in [-0.15, -0.1) is 0 Å². The lowest BCUT2D eigenvalue weighted by atomic mass is 9.91. The van der Waals surface area contributed by atoms with Crippen molar-refractivity contribution in [1.29, 1.82) is 0 Å². The summed E-state index contributed by atoms with van der Waals surface area (Å²) in [6.07, 6.45) is 7.70. The summed E-state index contributed by atoms with van der Waals surface area (Å²) in [5.41, 5.74) is 3.57. The third kappa shape index (κ3) is 6.77. The smallest absolute Gasteiger partial charge is 0.118 e. The first-order valence-electron chi connectivity index (χ1n) is 9.88. The first-order valence-corrected chi connectivity index (χ1v) is 10.3. The fourth-order valence-electron chi connectivity index (χ4n) is 3.48. The third-order valence-electron chi connectivity index (χ3n) is 4.84. The maximum absolute atomic E-state index is 5.97. The second-order valence-corrected chi connectivity index (χ2v) is 8.01. The van der Waals surface area contributed by atoms with Crippen molar-refractivity contribution in [3.05, 3.63) is 40.4 Å². The molecule has 3 nitrogen and oxygen atoms in total. The Hall–Kier alpha value is -1.32. The molecule has 0 heterocycles. The Morgan fingerprint density at radius 2 is 1.73 bits per heavy atom. The summed E-state index contributed by atoms with van der Waals surface area (Å²) in [5, 5.41) is 5.24. The molecule has 1 aromatic carbocycles. The molecule has 144 valence electrons. The zero-order chi connectivity index (χ0) is 18.9. The lowest BCUT2D eigenvalue weighted by Gasteiger charge is -2.30. The molecule has 0 N–H and O–H groups in total. The van der Waals surface area contributed by atoms with Gasteiger partial charge in [-0.25, -0.2) is 0 Å². The van der Waals surface area contributed by atoms with Gasteiger partial charge < -0.3 is 4.84 Å². The second-order valence-electron chi connectivity index (χ2n) is 7.58. The van der Waals surface area contributed by atoms with Crippen LogP contribution in [0.25, 0.3) is 6.08 Å². The van der Waals surface area contributed by atoms with Crippen molar-refractivity contribution in [2.45, 2.75) is 71.9 Å². The molecule has 1 aromatic rings. The molecule has 4 heteroatoms. The molecule has 1 aliphatic carbocycles. The largest absolute Gasteiger partial charge is 0.396 e. The average molecular weight is 377 g/mol. The monoisotopic (exact) mass is 376 g/mol. The van der Waals surface area contributed by atoms with Gasteiger partial charge in [0, 0.05) is 23.7 Å². The van der Waals surface area contributed by atoms with Gasteiger partial charge in [-0.3, -0.25) is 4.90 Å². The van der Waals surface area contributed by atoms with E-state index in [9.17, 15) is 0 Å². The zero-order valence-corrected chi connectivity index (χ0v) is 17.4. The second kappa shape index (κ2) is 10.7. The SMILES string of the molecule is CC(C)N(CCCO/N=C1/CCCC/C1=C\c1ccc(Cl)cc1)C(C)C. The van der Waals surface area contributed by atoms with E-state index in [0.717, 1.165) is 36.5 Å². The molecule has 0 atom stereocenters. The van der Waals surface area contributed by atoms with Gasteiger partial charge >= 0.3 is 0 Å². The van der Waals surface area contributed by atoms with Crippen LogP contribution in [0, 0.1) is 0 Å². The van der Waals surface area contributed by atoms with Crippen LogP contribution in [0.3, 0.4) is 0 Å². The summed E-state index contributed by atoms with van der Waals surface area (Å²) in [6, 6.07) is 9.09. The number of halogens is 1. The molecule has 1 saturated carbocycles. The van der Waals surface area contributed by atoms with Gasteiger partial charge in [-0.1, -0.05) is 28.9 Å². The van der Waals surface area contributed by atoms with Gasteiger partial charge in [0.05, 0.1) is 5.71 Å². The maximum atomic E-state index is 5.97. The summed E-state index contributed by atoms with van der Waals surface area (Å²) in [4.78, 5) is 8.16. The Kier molecular flexibility index (Phi) is 8.67. The standard InChI is InChI=1S/C22H33ClN2O/c1-17(2)25(18(3)4)14-7-15-26-24-22-9-6-5-8-20(22)16-19-10-12-21(23)13-11-19/h10-13,16-18H,5-9,14-15H2,1-4H3/b20-16+,24-22-. The number of rotatable bonds is 8. The number of oxime groups is 1. The van der Waals surface area contributed by atoms with Gasteiger partial charge in [0.25, 0.3) is 0 Å². The van der Waals surface area contributed by atoms with E-state index in [1.807, 2.05) is 12.1 Å². The first-order chi connectivity index (χ1) is 12.5. The van der Waals surface area contributed by atoms with Crippen LogP contribution >= 0.6 is 11.6 Å². The van der Waals surface area contributed by atoms with Crippen molar-refractivity contribution in [2.75, 3.05) is 13.2 Å². The van der Waals surface area contributed by atoms with Crippen molar-refractivity contribution in [3.8, 4) is 0 Å². The topological polar surface area (TPSA) is 24.8 Å². The van der Waals surface area contributed by atoms with Crippen molar-refractivity contribution < 1.29 is 4.84 Å². The van der Waals surface area contributed by atoms with E-state index in [-0.39, 0.29) is 0 Å². The van der Waals surface area contributed by atoms with Crippen LogP contribution < -0.4 is 0 Å². The third-order valence-corrected chi connectivity index (χ3v) is 5.10. The Balaban J connectivity index is 1.89. The lowest BCUT2D eigenvalue weighted by molar-refractivity contribution is 0.111. The highest BCUT2D eigenvalue weighted by Crippen LogP contribution is 2.24. The van der Waals surface area contributed by atoms with Crippen LogP contribution in [0.15, 0.2) is 35.0 Å². The number of allylic oxidation sites excluding steroid dienone is 1. The van der Waals surface area contributed by atoms with E-state index in [0.29, 0.717) is 18.7 Å². The first kappa shape index (κ1) is 21.0. The van der Waals surface area contributed by atoms with Crippen molar-refractivity contribution in [3.63, 3.8) is 0 Å². The molecule has 0 unspecified atom stereocenters. The lowest BCUT2D eigenvalue weighted by Crippen LogP contribution is -2.38. The normalized spacial score (nSPS) is 18.5. The Bertz CT molecular complexity index is 597. The molecule has 0 bridgehead atoms. The quantitative estimate of drug-likeness (QED) is 0.399. The van der Waals surface area contributed by atoms with Crippen LogP contribution in [-0.4, -0.2) is 35.8 Å². The highest BCUT2D eigenvalue weighted by molar-refractivity contribution is 6.30. The number of nitrogens with zero attached hydrogens (tertiary/aromatic N) is 2. The molecule has 0 aliphatic heterocycles. The van der Waals surface area contributed by atoms with E-state index in [1.54, 1.807) is 0 Å². The van der Waals surface area contributed by atoms with Gasteiger partial charge in [-0.05, 0) is 89.1 Å². The van der Waals surface area contributed by atoms with Crippen LogP contribution in [0.1, 0.15) is 65.4 Å². The van der Waals surface area contributed by atoms with Crippen LogP contribution in [0.5, 0.6) is 0 Å². The number of hydrogen-bond donors (Lipinski definition) is 0. The fourth-order valence-corrected chi connectivity index (χ4v) is 3.61. The van der Waals surface area contributed by atoms with E-state index in [2.05, 4.69) is 56.0 Å². The molecule has 0 radical (unpaired) electrons. The van der Waals surface area contributed by atoms with Gasteiger partial charge in [-0.2, -0.15) is 0 Å². The Morgan fingerprint density at radius 1 is 1.08 bits per heavy atom. The van der Waals surface area contributed by atoms with E-state index in [1.165, 1.54) is 24.0 Å². The molecule has 0 saturated heterocycles. The molecule has 2 rings (SSSR count). The van der Waals surface area contributed by atoms with E-state index in [4.69, 9.17) is 16.4 Å². The Labute approximate surface area is 164 Å². The van der Waals surface area contributed by atoms with Gasteiger partial charge in [0.15, 0.2) is 0 Å². The molecule has 0 spiro atoms. The highest BCUT2D eigenvalue weighted by atomic mass is 35.5. The molecule has 0 amide bonds. The number of benzene rings is 1. The highest BCUT2D eigenvalue weighted by Gasteiger charge is 2.15. The van der Waals surface area contributed by atoms with Gasteiger partial charge in [0.2, 0.25) is 0 Å². The van der Waals surface area contributed by atoms with Crippen LogP contribution in [0.4, 0.5) is 0 Å². The molecule has 1 aliphatic rings. The summed E-state index contributed by atoms with van der Waals surface area (Å²) in [7, 11) is 0. The minimum atomic E-state index is 0.563.